The molecule has 0 radical (unpaired) electrons. The molecule has 32 heavy (non-hydrogen) atoms. The number of phenols is 1. The second-order valence-electron chi connectivity index (χ2n) is 6.96. The summed E-state index contributed by atoms with van der Waals surface area (Å²) >= 11 is 0. The predicted molar refractivity (Wildman–Crippen MR) is 116 cm³/mol. The van der Waals surface area contributed by atoms with E-state index in [0.29, 0.717) is 28.8 Å². The van der Waals surface area contributed by atoms with Crippen molar-refractivity contribution < 1.29 is 24.4 Å². The Hall–Kier alpha value is -3.88. The van der Waals surface area contributed by atoms with Crippen molar-refractivity contribution in [3.63, 3.8) is 0 Å². The molecule has 0 aliphatic rings. The Kier molecular flexibility index (Phi) is 6.64. The molecule has 1 aromatic heterocycles. The van der Waals surface area contributed by atoms with Crippen LogP contribution in [0.25, 0.3) is 34.2 Å². The number of halogens is 1. The van der Waals surface area contributed by atoms with E-state index >= 15 is 0 Å². The maximum absolute atomic E-state index is 11.8. The number of aliphatic hydroxyl groups is 1. The average Bonchev–Trinajstić information content (AvgIpc) is 2.84. The van der Waals surface area contributed by atoms with Gasteiger partial charge in [0.05, 0.1) is 5.56 Å². The van der Waals surface area contributed by atoms with Crippen LogP contribution in [0.2, 0.25) is 0 Å². The van der Waals surface area contributed by atoms with Crippen LogP contribution in [0.15, 0.2) is 78.9 Å². The van der Waals surface area contributed by atoms with Crippen molar-refractivity contribution in [3.05, 3.63) is 78.9 Å². The minimum Gasteiger partial charge on any atom is -0.507 e. The van der Waals surface area contributed by atoms with Crippen LogP contribution < -0.4 is 4.74 Å². The highest BCUT2D eigenvalue weighted by Gasteiger charge is 2.15. The second kappa shape index (κ2) is 9.95. The molecule has 0 aliphatic heterocycles. The van der Waals surface area contributed by atoms with Crippen LogP contribution >= 0.6 is 0 Å². The molecule has 162 valence electrons. The molecule has 0 spiro atoms. The van der Waals surface area contributed by atoms with Crippen LogP contribution in [0.1, 0.15) is 0 Å². The third-order valence-corrected chi connectivity index (χ3v) is 4.61. The Bertz CT molecular complexity index is 1120. The van der Waals surface area contributed by atoms with E-state index in [1.807, 2.05) is 60.7 Å². The minimum absolute atomic E-state index is 0.108. The summed E-state index contributed by atoms with van der Waals surface area (Å²) in [6.07, 6.45) is -1.13. The van der Waals surface area contributed by atoms with E-state index in [4.69, 9.17) is 4.74 Å². The van der Waals surface area contributed by atoms with Gasteiger partial charge in [0.2, 0.25) is 0 Å². The first-order valence-corrected chi connectivity index (χ1v) is 9.89. The molecule has 0 fully saturated rings. The zero-order chi connectivity index (χ0) is 22.3. The lowest BCUT2D eigenvalue weighted by Gasteiger charge is -2.12. The Balaban J connectivity index is 1.71. The summed E-state index contributed by atoms with van der Waals surface area (Å²) in [6, 6.07) is 23.6. The van der Waals surface area contributed by atoms with E-state index in [1.165, 1.54) is 6.07 Å². The Morgan fingerprint density at radius 1 is 0.750 bits per heavy atom. The van der Waals surface area contributed by atoms with Crippen molar-refractivity contribution in [2.24, 2.45) is 0 Å². The summed E-state index contributed by atoms with van der Waals surface area (Å²) in [5.74, 6) is 1.44. The van der Waals surface area contributed by atoms with Crippen molar-refractivity contribution in [1.82, 2.24) is 15.0 Å². The monoisotopic (exact) mass is 433 g/mol. The highest BCUT2D eigenvalue weighted by atomic mass is 19.3. The number of hydrogen-bond acceptors (Lipinski definition) is 7. The zero-order valence-electron chi connectivity index (χ0n) is 16.9. The van der Waals surface area contributed by atoms with Gasteiger partial charge < -0.3 is 14.9 Å². The Morgan fingerprint density at radius 3 is 1.84 bits per heavy atom. The molecule has 7 nitrogen and oxygen atoms in total. The molecule has 3 aromatic carbocycles. The number of rotatable bonds is 8. The maximum atomic E-state index is 11.8. The van der Waals surface area contributed by atoms with E-state index in [2.05, 4.69) is 19.9 Å². The number of aromatic hydroxyl groups is 1. The van der Waals surface area contributed by atoms with E-state index in [1.54, 1.807) is 12.1 Å². The van der Waals surface area contributed by atoms with E-state index in [-0.39, 0.29) is 12.4 Å². The lowest BCUT2D eigenvalue weighted by Crippen LogP contribution is -2.21. The number of ether oxygens (including phenoxy) is 1. The number of benzene rings is 3. The van der Waals surface area contributed by atoms with Gasteiger partial charge in [-0.05, 0) is 16.7 Å². The smallest absolute Gasteiger partial charge is 0.167 e. The van der Waals surface area contributed by atoms with E-state index in [9.17, 15) is 14.7 Å². The summed E-state index contributed by atoms with van der Waals surface area (Å²) in [5.41, 5.74) is 2.02. The number of hydrogen-bond donors (Lipinski definition) is 2. The topological polar surface area (TPSA) is 97.6 Å². The number of aliphatic hydroxyl groups excluding tert-OH is 1. The van der Waals surface area contributed by atoms with Crippen LogP contribution in [0, 0.1) is 0 Å². The first kappa shape index (κ1) is 21.4. The first-order chi connectivity index (χ1) is 15.6. The fraction of sp³-hybridized carbons (Fsp3) is 0.125. The van der Waals surface area contributed by atoms with Gasteiger partial charge in [-0.15, -0.1) is 0 Å². The fourth-order valence-electron chi connectivity index (χ4n) is 3.03. The number of aromatic nitrogens is 3. The Labute approximate surface area is 183 Å². The lowest BCUT2D eigenvalue weighted by atomic mass is 10.1. The molecule has 0 saturated carbocycles. The van der Waals surface area contributed by atoms with Crippen LogP contribution in [0.3, 0.4) is 0 Å². The zero-order valence-corrected chi connectivity index (χ0v) is 16.9. The van der Waals surface area contributed by atoms with Crippen molar-refractivity contribution in [1.29, 1.82) is 0 Å². The molecular formula is C24H20FN3O4. The van der Waals surface area contributed by atoms with E-state index in [0.717, 1.165) is 11.1 Å². The summed E-state index contributed by atoms with van der Waals surface area (Å²) in [5, 5.41) is 20.1. The highest BCUT2D eigenvalue weighted by molar-refractivity contribution is 5.70. The Morgan fingerprint density at radius 2 is 1.31 bits per heavy atom. The number of nitrogens with zero attached hydrogens (tertiary/aromatic N) is 3. The molecule has 8 heteroatoms. The summed E-state index contributed by atoms with van der Waals surface area (Å²) < 4.78 is 17.2. The van der Waals surface area contributed by atoms with Crippen LogP contribution in [-0.2, 0) is 4.94 Å². The normalized spacial score (nSPS) is 11.8. The molecule has 4 aromatic rings. The van der Waals surface area contributed by atoms with Crippen molar-refractivity contribution in [2.45, 2.75) is 6.10 Å². The fourth-order valence-corrected chi connectivity index (χ4v) is 3.03. The van der Waals surface area contributed by atoms with Crippen molar-refractivity contribution in [3.8, 4) is 45.7 Å². The predicted octanol–water partition coefficient (Wildman–Crippen LogP) is 4.22. The van der Waals surface area contributed by atoms with Gasteiger partial charge in [-0.1, -0.05) is 60.7 Å². The quantitative estimate of drug-likeness (QED) is 0.429. The van der Waals surface area contributed by atoms with E-state index < -0.39 is 12.7 Å². The SMILES string of the molecule is Oc1cc(OCC(O)COF)ccc1-c1nc(-c2ccccc2)nc(-c2ccccc2)n1. The molecular weight excluding hydrogens is 413 g/mol. The first-order valence-electron chi connectivity index (χ1n) is 9.89. The largest absolute Gasteiger partial charge is 0.507 e. The molecule has 1 heterocycles. The minimum atomic E-state index is -1.13. The van der Waals surface area contributed by atoms with Gasteiger partial charge in [0.1, 0.15) is 30.8 Å². The summed E-state index contributed by atoms with van der Waals surface area (Å²) in [7, 11) is 0. The molecule has 0 saturated heterocycles. The van der Waals surface area contributed by atoms with Crippen LogP contribution in [0.4, 0.5) is 4.53 Å². The molecule has 0 amide bonds. The van der Waals surface area contributed by atoms with Gasteiger partial charge >= 0.3 is 0 Å². The standard InChI is InChI=1S/C24H20FN3O4/c25-32-15-18(29)14-31-19-11-12-20(21(30)13-19)24-27-22(16-7-3-1-4-8-16)26-23(28-24)17-9-5-2-6-10-17/h1-13,18,29-30H,14-15H2. The number of phenolic OH excluding ortho intramolecular Hbond substituents is 1. The van der Waals surface area contributed by atoms with Gasteiger partial charge in [-0.3, -0.25) is 0 Å². The van der Waals surface area contributed by atoms with Crippen molar-refractivity contribution in [2.75, 3.05) is 13.2 Å². The lowest BCUT2D eigenvalue weighted by molar-refractivity contribution is -0.160. The molecule has 1 atom stereocenters. The molecule has 1 unspecified atom stereocenters. The van der Waals surface area contributed by atoms with Gasteiger partial charge in [0.25, 0.3) is 0 Å². The van der Waals surface area contributed by atoms with Gasteiger partial charge in [-0.2, -0.15) is 4.94 Å². The third-order valence-electron chi connectivity index (χ3n) is 4.61. The van der Waals surface area contributed by atoms with Gasteiger partial charge in [0, 0.05) is 17.2 Å². The molecule has 2 N–H and O–H groups in total. The second-order valence-corrected chi connectivity index (χ2v) is 6.96. The third kappa shape index (κ3) is 5.05. The molecule has 4 rings (SSSR count). The van der Waals surface area contributed by atoms with Gasteiger partial charge in [0.15, 0.2) is 17.5 Å². The average molecular weight is 433 g/mol. The van der Waals surface area contributed by atoms with Crippen LogP contribution in [-0.4, -0.2) is 44.5 Å². The summed E-state index contributed by atoms with van der Waals surface area (Å²) in [4.78, 5) is 17.1. The molecule has 0 aliphatic carbocycles. The highest BCUT2D eigenvalue weighted by Crippen LogP contribution is 2.32. The van der Waals surface area contributed by atoms with Gasteiger partial charge in [-0.25, -0.2) is 15.0 Å². The summed E-state index contributed by atoms with van der Waals surface area (Å²) in [6.45, 7) is -0.690. The molecule has 0 bridgehead atoms. The maximum Gasteiger partial charge on any atom is 0.167 e. The van der Waals surface area contributed by atoms with Crippen molar-refractivity contribution >= 4 is 0 Å². The van der Waals surface area contributed by atoms with Crippen LogP contribution in [0.5, 0.6) is 11.5 Å².